The van der Waals surface area contributed by atoms with Crippen LogP contribution < -0.4 is 21.3 Å². The number of carbonyl (C=O) groups excluding carboxylic acids is 1. The number of benzene rings is 1. The van der Waals surface area contributed by atoms with Crippen LogP contribution in [0.4, 0.5) is 0 Å². The molecule has 0 spiro atoms. The van der Waals surface area contributed by atoms with Gasteiger partial charge in [-0.25, -0.2) is 5.43 Å². The molecule has 0 aliphatic heterocycles. The number of ether oxygens (including phenoxy) is 1. The van der Waals surface area contributed by atoms with Crippen molar-refractivity contribution in [2.75, 3.05) is 14.2 Å². The summed E-state index contributed by atoms with van der Waals surface area (Å²) in [6.07, 6.45) is 0.243. The molecule has 0 saturated heterocycles. The molecule has 5 heteroatoms. The first kappa shape index (κ1) is 15.5. The first-order valence-corrected chi connectivity index (χ1v) is 6.28. The van der Waals surface area contributed by atoms with E-state index in [0.29, 0.717) is 0 Å². The average molecular weight is 265 g/mol. The number of carbonyl (C=O) groups is 1. The first-order valence-electron chi connectivity index (χ1n) is 6.28. The number of aryl methyl sites for hydroxylation is 1. The highest BCUT2D eigenvalue weighted by molar-refractivity contribution is 5.76. The van der Waals surface area contributed by atoms with Crippen molar-refractivity contribution >= 4 is 5.91 Å². The van der Waals surface area contributed by atoms with Crippen molar-refractivity contribution in [1.82, 2.24) is 10.9 Å². The summed E-state index contributed by atoms with van der Waals surface area (Å²) >= 11 is 0. The van der Waals surface area contributed by atoms with E-state index in [9.17, 15) is 4.79 Å². The highest BCUT2D eigenvalue weighted by Gasteiger charge is 2.17. The summed E-state index contributed by atoms with van der Waals surface area (Å²) in [5, 5.41) is 0. The van der Waals surface area contributed by atoms with Crippen molar-refractivity contribution in [3.05, 3.63) is 28.3 Å². The Hall–Kier alpha value is -1.59. The molecule has 0 bridgehead atoms. The molecule has 1 aromatic rings. The van der Waals surface area contributed by atoms with Gasteiger partial charge in [0, 0.05) is 19.5 Å². The van der Waals surface area contributed by atoms with Gasteiger partial charge in [-0.2, -0.15) is 0 Å². The summed E-state index contributed by atoms with van der Waals surface area (Å²) in [5.41, 5.74) is 15.4. The minimum absolute atomic E-state index is 0.125. The van der Waals surface area contributed by atoms with E-state index < -0.39 is 0 Å². The topological polar surface area (TPSA) is 76.4 Å². The van der Waals surface area contributed by atoms with Crippen molar-refractivity contribution in [3.8, 4) is 5.75 Å². The fraction of sp³-hybridized carbons (Fsp3) is 0.500. The van der Waals surface area contributed by atoms with Crippen LogP contribution in [0.2, 0.25) is 0 Å². The van der Waals surface area contributed by atoms with Crippen molar-refractivity contribution < 1.29 is 9.53 Å². The lowest BCUT2D eigenvalue weighted by Crippen LogP contribution is -2.36. The van der Waals surface area contributed by atoms with Crippen LogP contribution in [0.5, 0.6) is 5.75 Å². The molecule has 1 unspecified atom stereocenters. The van der Waals surface area contributed by atoms with E-state index >= 15 is 0 Å². The Labute approximate surface area is 114 Å². The molecule has 5 nitrogen and oxygen atoms in total. The molecular weight excluding hydrogens is 242 g/mol. The van der Waals surface area contributed by atoms with Gasteiger partial charge in [0.2, 0.25) is 5.91 Å². The molecule has 0 fully saturated rings. The summed E-state index contributed by atoms with van der Waals surface area (Å²) in [4.78, 5) is 11.6. The van der Waals surface area contributed by atoms with Gasteiger partial charge in [-0.1, -0.05) is 6.07 Å². The molecule has 1 aromatic carbocycles. The summed E-state index contributed by atoms with van der Waals surface area (Å²) in [7, 11) is 3.31. The zero-order valence-corrected chi connectivity index (χ0v) is 12.3. The third-order valence-corrected chi connectivity index (χ3v) is 3.34. The Balaban J connectivity index is 3.04. The molecule has 0 heterocycles. The summed E-state index contributed by atoms with van der Waals surface area (Å²) in [6, 6.07) is 1.68. The number of nitrogens with two attached hydrogens (primary N) is 1. The van der Waals surface area contributed by atoms with E-state index in [1.165, 1.54) is 0 Å². The maximum Gasteiger partial charge on any atom is 0.235 e. The molecule has 19 heavy (non-hydrogen) atoms. The summed E-state index contributed by atoms with van der Waals surface area (Å²) in [5.74, 6) is 0.758. The highest BCUT2D eigenvalue weighted by atomic mass is 16.5. The van der Waals surface area contributed by atoms with Crippen LogP contribution in [-0.4, -0.2) is 20.1 Å². The molecule has 1 amide bonds. The van der Waals surface area contributed by atoms with Crippen LogP contribution >= 0.6 is 0 Å². The number of hydrogen-bond acceptors (Lipinski definition) is 4. The van der Waals surface area contributed by atoms with E-state index in [1.807, 2.05) is 26.8 Å². The number of hydrazine groups is 1. The fourth-order valence-corrected chi connectivity index (χ4v) is 2.29. The maximum absolute atomic E-state index is 11.6. The van der Waals surface area contributed by atoms with Gasteiger partial charge in [0.05, 0.1) is 7.11 Å². The molecule has 0 radical (unpaired) electrons. The molecule has 106 valence electrons. The molecule has 4 N–H and O–H groups in total. The van der Waals surface area contributed by atoms with Crippen LogP contribution in [0, 0.1) is 20.8 Å². The average Bonchev–Trinajstić information content (AvgIpc) is 2.34. The lowest BCUT2D eigenvalue weighted by Gasteiger charge is -2.19. The fourth-order valence-electron chi connectivity index (χ4n) is 2.29. The summed E-state index contributed by atoms with van der Waals surface area (Å²) < 4.78 is 5.38. The van der Waals surface area contributed by atoms with Crippen molar-refractivity contribution in [2.24, 2.45) is 5.73 Å². The first-order chi connectivity index (χ1) is 8.92. The number of hydrogen-bond donors (Lipinski definition) is 3. The Kier molecular flexibility index (Phi) is 5.32. The Morgan fingerprint density at radius 3 is 2.53 bits per heavy atom. The number of methoxy groups -OCH3 is 1. The number of amides is 1. The lowest BCUT2D eigenvalue weighted by molar-refractivity contribution is -0.122. The monoisotopic (exact) mass is 265 g/mol. The second kappa shape index (κ2) is 6.54. The zero-order chi connectivity index (χ0) is 14.6. The quantitative estimate of drug-likeness (QED) is 0.701. The number of rotatable bonds is 5. The second-order valence-electron chi connectivity index (χ2n) is 4.67. The molecular formula is C14H23N3O2. The van der Waals surface area contributed by atoms with Gasteiger partial charge in [-0.05, 0) is 43.0 Å². The smallest absolute Gasteiger partial charge is 0.235 e. The molecule has 0 aliphatic carbocycles. The Bertz CT molecular complexity index is 472. The van der Waals surface area contributed by atoms with Gasteiger partial charge in [0.1, 0.15) is 5.75 Å². The standard InChI is InChI=1S/C14H23N3O2/c1-8-6-11(9(2)10(3)14(8)19-5)12(15)7-13(18)17-16-4/h6,12,16H,7,15H2,1-5H3,(H,17,18). The van der Waals surface area contributed by atoms with E-state index in [-0.39, 0.29) is 18.4 Å². The highest BCUT2D eigenvalue weighted by Crippen LogP contribution is 2.31. The minimum atomic E-state index is -0.323. The molecule has 0 saturated carbocycles. The number of nitrogens with one attached hydrogen (secondary N) is 2. The van der Waals surface area contributed by atoms with Crippen molar-refractivity contribution in [3.63, 3.8) is 0 Å². The van der Waals surface area contributed by atoms with Crippen molar-refractivity contribution in [1.29, 1.82) is 0 Å². The van der Waals surface area contributed by atoms with Gasteiger partial charge in [0.25, 0.3) is 0 Å². The van der Waals surface area contributed by atoms with Gasteiger partial charge in [0.15, 0.2) is 0 Å². The predicted octanol–water partition coefficient (Wildman–Crippen LogP) is 1.26. The van der Waals surface area contributed by atoms with Crippen LogP contribution in [0.15, 0.2) is 6.07 Å². The lowest BCUT2D eigenvalue weighted by atomic mass is 9.93. The normalized spacial score (nSPS) is 12.1. The van der Waals surface area contributed by atoms with Crippen LogP contribution in [-0.2, 0) is 4.79 Å². The molecule has 0 aromatic heterocycles. The van der Waals surface area contributed by atoms with Gasteiger partial charge in [-0.15, -0.1) is 0 Å². The summed E-state index contributed by atoms with van der Waals surface area (Å²) in [6.45, 7) is 5.99. The Morgan fingerprint density at radius 2 is 2.00 bits per heavy atom. The predicted molar refractivity (Wildman–Crippen MR) is 76.0 cm³/mol. The SMILES string of the molecule is CNNC(=O)CC(N)c1cc(C)c(OC)c(C)c1C. The Morgan fingerprint density at radius 1 is 1.37 bits per heavy atom. The second-order valence-corrected chi connectivity index (χ2v) is 4.67. The van der Waals surface area contributed by atoms with Gasteiger partial charge >= 0.3 is 0 Å². The van der Waals surface area contributed by atoms with E-state index in [2.05, 4.69) is 10.9 Å². The third-order valence-electron chi connectivity index (χ3n) is 3.34. The van der Waals surface area contributed by atoms with E-state index in [0.717, 1.165) is 28.0 Å². The van der Waals surface area contributed by atoms with Crippen LogP contribution in [0.3, 0.4) is 0 Å². The van der Waals surface area contributed by atoms with Gasteiger partial charge < -0.3 is 10.5 Å². The third kappa shape index (κ3) is 3.45. The molecule has 0 aliphatic rings. The molecule has 1 atom stereocenters. The van der Waals surface area contributed by atoms with Crippen molar-refractivity contribution in [2.45, 2.75) is 33.2 Å². The maximum atomic E-state index is 11.6. The van der Waals surface area contributed by atoms with Crippen LogP contribution in [0.25, 0.3) is 0 Å². The molecule has 1 rings (SSSR count). The van der Waals surface area contributed by atoms with Crippen LogP contribution in [0.1, 0.15) is 34.7 Å². The minimum Gasteiger partial charge on any atom is -0.496 e. The van der Waals surface area contributed by atoms with E-state index in [4.69, 9.17) is 10.5 Å². The van der Waals surface area contributed by atoms with E-state index in [1.54, 1.807) is 14.2 Å². The van der Waals surface area contributed by atoms with Gasteiger partial charge in [-0.3, -0.25) is 10.2 Å². The zero-order valence-electron chi connectivity index (χ0n) is 12.3. The largest absolute Gasteiger partial charge is 0.496 e.